The van der Waals surface area contributed by atoms with Crippen molar-refractivity contribution >= 4 is 17.5 Å². The maximum atomic E-state index is 13.0. The number of nitrogens with one attached hydrogen (secondary N) is 2. The van der Waals surface area contributed by atoms with Crippen molar-refractivity contribution in [3.05, 3.63) is 59.4 Å². The molecule has 2 amide bonds. The first kappa shape index (κ1) is 20.6. The third kappa shape index (κ3) is 5.25. The molecule has 2 aromatic rings. The fourth-order valence-corrected chi connectivity index (χ4v) is 3.38. The van der Waals surface area contributed by atoms with Crippen LogP contribution in [-0.2, 0) is 4.79 Å². The molecule has 1 unspecified atom stereocenters. The van der Waals surface area contributed by atoms with Crippen molar-refractivity contribution in [2.24, 2.45) is 0 Å². The molecule has 2 N–H and O–H groups in total. The van der Waals surface area contributed by atoms with E-state index in [0.717, 1.165) is 31.5 Å². The van der Waals surface area contributed by atoms with Crippen molar-refractivity contribution < 1.29 is 18.7 Å². The van der Waals surface area contributed by atoms with Gasteiger partial charge in [0.15, 0.2) is 0 Å². The summed E-state index contributed by atoms with van der Waals surface area (Å²) in [6, 6.07) is 10.9. The highest BCUT2D eigenvalue weighted by Crippen LogP contribution is 2.26. The molecule has 1 atom stereocenters. The lowest BCUT2D eigenvalue weighted by atomic mass is 10.1. The molecule has 1 aliphatic rings. The van der Waals surface area contributed by atoms with Gasteiger partial charge in [0.2, 0.25) is 5.91 Å². The Morgan fingerprint density at radius 1 is 1.14 bits per heavy atom. The second-order valence-corrected chi connectivity index (χ2v) is 7.11. The Labute approximate surface area is 170 Å². The number of carbonyl (C=O) groups excluding carboxylic acids is 2. The van der Waals surface area contributed by atoms with Crippen LogP contribution in [-0.4, -0.2) is 43.5 Å². The molecule has 0 spiro atoms. The van der Waals surface area contributed by atoms with Gasteiger partial charge in [0.25, 0.3) is 5.91 Å². The molecule has 1 heterocycles. The molecule has 2 aromatic carbocycles. The summed E-state index contributed by atoms with van der Waals surface area (Å²) in [7, 11) is 1.54. The van der Waals surface area contributed by atoms with E-state index in [9.17, 15) is 14.0 Å². The quantitative estimate of drug-likeness (QED) is 0.749. The molecule has 6 nitrogen and oxygen atoms in total. The molecule has 0 bridgehead atoms. The van der Waals surface area contributed by atoms with Gasteiger partial charge >= 0.3 is 0 Å². The SMILES string of the molecule is COc1ccc(C(=O)N2CCCC2)cc1NCC(=O)NC(C)c1ccc(F)cc1. The van der Waals surface area contributed by atoms with E-state index < -0.39 is 0 Å². The third-order valence-electron chi connectivity index (χ3n) is 5.03. The van der Waals surface area contributed by atoms with Gasteiger partial charge in [-0.25, -0.2) is 4.39 Å². The Hall–Kier alpha value is -3.09. The van der Waals surface area contributed by atoms with Crippen molar-refractivity contribution in [3.63, 3.8) is 0 Å². The van der Waals surface area contributed by atoms with Crippen molar-refractivity contribution in [3.8, 4) is 5.75 Å². The second kappa shape index (κ2) is 9.41. The zero-order chi connectivity index (χ0) is 20.8. The Kier molecular flexibility index (Phi) is 6.69. The first-order valence-electron chi connectivity index (χ1n) is 9.74. The predicted molar refractivity (Wildman–Crippen MR) is 110 cm³/mol. The summed E-state index contributed by atoms with van der Waals surface area (Å²) in [5.41, 5.74) is 1.97. The number of methoxy groups -OCH3 is 1. The molecule has 0 saturated carbocycles. The summed E-state index contributed by atoms with van der Waals surface area (Å²) < 4.78 is 18.4. The minimum Gasteiger partial charge on any atom is -0.495 e. The summed E-state index contributed by atoms with van der Waals surface area (Å²) >= 11 is 0. The monoisotopic (exact) mass is 399 g/mol. The van der Waals surface area contributed by atoms with Gasteiger partial charge in [-0.1, -0.05) is 12.1 Å². The summed E-state index contributed by atoms with van der Waals surface area (Å²) in [6.45, 7) is 3.40. The number of anilines is 1. The lowest BCUT2D eigenvalue weighted by Gasteiger charge is -2.18. The number of ether oxygens (including phenoxy) is 1. The summed E-state index contributed by atoms with van der Waals surface area (Å²) in [5.74, 6) is 0.00879. The Balaban J connectivity index is 1.62. The number of rotatable bonds is 7. The molecule has 3 rings (SSSR count). The van der Waals surface area contributed by atoms with Crippen LogP contribution in [0.5, 0.6) is 5.75 Å². The Morgan fingerprint density at radius 3 is 2.48 bits per heavy atom. The average Bonchev–Trinajstić information content (AvgIpc) is 3.26. The van der Waals surface area contributed by atoms with Crippen LogP contribution in [0.1, 0.15) is 41.7 Å². The van der Waals surface area contributed by atoms with Gasteiger partial charge in [0, 0.05) is 18.7 Å². The first-order valence-corrected chi connectivity index (χ1v) is 9.74. The normalized spacial score (nSPS) is 14.4. The number of hydrogen-bond donors (Lipinski definition) is 2. The van der Waals surface area contributed by atoms with E-state index in [2.05, 4.69) is 10.6 Å². The smallest absolute Gasteiger partial charge is 0.253 e. The van der Waals surface area contributed by atoms with Crippen LogP contribution in [0.15, 0.2) is 42.5 Å². The molecule has 29 heavy (non-hydrogen) atoms. The molecular formula is C22H26FN3O3. The zero-order valence-electron chi connectivity index (χ0n) is 16.7. The Morgan fingerprint density at radius 2 is 1.83 bits per heavy atom. The molecule has 0 aromatic heterocycles. The average molecular weight is 399 g/mol. The highest BCUT2D eigenvalue weighted by Gasteiger charge is 2.20. The van der Waals surface area contributed by atoms with Gasteiger partial charge in [0.05, 0.1) is 25.4 Å². The van der Waals surface area contributed by atoms with Gasteiger partial charge < -0.3 is 20.3 Å². The summed E-state index contributed by atoms with van der Waals surface area (Å²) in [4.78, 5) is 26.8. The molecule has 1 aliphatic heterocycles. The standard InChI is InChI=1S/C22H26FN3O3/c1-15(16-5-8-18(23)9-6-16)25-21(27)14-24-19-13-17(7-10-20(19)29-2)22(28)26-11-3-4-12-26/h5-10,13,15,24H,3-4,11-12,14H2,1-2H3,(H,25,27). The second-order valence-electron chi connectivity index (χ2n) is 7.11. The van der Waals surface area contributed by atoms with Crippen LogP contribution in [0.25, 0.3) is 0 Å². The molecule has 0 radical (unpaired) electrons. The zero-order valence-corrected chi connectivity index (χ0v) is 16.7. The minimum absolute atomic E-state index is 0.0115. The van der Waals surface area contributed by atoms with Crippen molar-refractivity contribution in [1.29, 1.82) is 0 Å². The van der Waals surface area contributed by atoms with Gasteiger partial charge in [-0.05, 0) is 55.7 Å². The van der Waals surface area contributed by atoms with Crippen LogP contribution in [0, 0.1) is 5.82 Å². The van der Waals surface area contributed by atoms with Gasteiger partial charge in [-0.2, -0.15) is 0 Å². The number of benzene rings is 2. The summed E-state index contributed by atoms with van der Waals surface area (Å²) in [6.07, 6.45) is 2.05. The fourth-order valence-electron chi connectivity index (χ4n) is 3.38. The van der Waals surface area contributed by atoms with Crippen molar-refractivity contribution in [2.75, 3.05) is 32.1 Å². The van der Waals surface area contributed by atoms with E-state index in [4.69, 9.17) is 4.74 Å². The number of amides is 2. The van der Waals surface area contributed by atoms with E-state index in [1.165, 1.54) is 12.1 Å². The number of hydrogen-bond acceptors (Lipinski definition) is 4. The molecule has 0 aliphatic carbocycles. The minimum atomic E-state index is -0.315. The van der Waals surface area contributed by atoms with E-state index in [1.54, 1.807) is 37.4 Å². The van der Waals surface area contributed by atoms with Crippen LogP contribution < -0.4 is 15.4 Å². The topological polar surface area (TPSA) is 70.7 Å². The first-order chi connectivity index (χ1) is 14.0. The van der Waals surface area contributed by atoms with E-state index in [0.29, 0.717) is 17.0 Å². The largest absolute Gasteiger partial charge is 0.495 e. The maximum Gasteiger partial charge on any atom is 0.253 e. The van der Waals surface area contributed by atoms with Gasteiger partial charge in [-0.3, -0.25) is 9.59 Å². The third-order valence-corrected chi connectivity index (χ3v) is 5.03. The molecular weight excluding hydrogens is 373 g/mol. The molecule has 154 valence electrons. The maximum absolute atomic E-state index is 13.0. The lowest BCUT2D eigenvalue weighted by molar-refractivity contribution is -0.120. The summed E-state index contributed by atoms with van der Waals surface area (Å²) in [5, 5.41) is 5.91. The van der Waals surface area contributed by atoms with Crippen molar-refractivity contribution in [1.82, 2.24) is 10.2 Å². The number of carbonyl (C=O) groups is 2. The van der Waals surface area contributed by atoms with Crippen LogP contribution in [0.3, 0.4) is 0 Å². The predicted octanol–water partition coefficient (Wildman–Crippen LogP) is 3.36. The van der Waals surface area contributed by atoms with Crippen LogP contribution >= 0.6 is 0 Å². The van der Waals surface area contributed by atoms with Gasteiger partial charge in [-0.15, -0.1) is 0 Å². The van der Waals surface area contributed by atoms with Crippen LogP contribution in [0.4, 0.5) is 10.1 Å². The highest BCUT2D eigenvalue weighted by atomic mass is 19.1. The molecule has 1 fully saturated rings. The number of nitrogens with zero attached hydrogens (tertiary/aromatic N) is 1. The van der Waals surface area contributed by atoms with E-state index >= 15 is 0 Å². The lowest BCUT2D eigenvalue weighted by Crippen LogP contribution is -2.32. The number of likely N-dealkylation sites (tertiary alicyclic amines) is 1. The molecule has 1 saturated heterocycles. The van der Waals surface area contributed by atoms with E-state index in [-0.39, 0.29) is 30.2 Å². The fraction of sp³-hybridized carbons (Fsp3) is 0.364. The van der Waals surface area contributed by atoms with Crippen LogP contribution in [0.2, 0.25) is 0 Å². The van der Waals surface area contributed by atoms with Crippen molar-refractivity contribution in [2.45, 2.75) is 25.8 Å². The number of halogens is 1. The van der Waals surface area contributed by atoms with Gasteiger partial charge in [0.1, 0.15) is 11.6 Å². The van der Waals surface area contributed by atoms with E-state index in [1.807, 2.05) is 11.8 Å². The highest BCUT2D eigenvalue weighted by molar-refractivity contribution is 5.96. The Bertz CT molecular complexity index is 864. The molecule has 7 heteroatoms.